The van der Waals surface area contributed by atoms with Crippen LogP contribution in [0.1, 0.15) is 33.1 Å². The highest BCUT2D eigenvalue weighted by Crippen LogP contribution is 2.32. The summed E-state index contributed by atoms with van der Waals surface area (Å²) >= 11 is 0. The monoisotopic (exact) mass is 204 g/mol. The Hall–Kier alpha value is -1.18. The average molecular weight is 204 g/mol. The van der Waals surface area contributed by atoms with Crippen molar-refractivity contribution in [2.24, 2.45) is 0 Å². The van der Waals surface area contributed by atoms with Crippen LogP contribution in [-0.2, 0) is 0 Å². The Morgan fingerprint density at radius 1 is 1.27 bits per heavy atom. The van der Waals surface area contributed by atoms with E-state index in [-0.39, 0.29) is 0 Å². The normalized spacial score (nSPS) is 25.9. The van der Waals surface area contributed by atoms with Gasteiger partial charge in [0.05, 0.1) is 0 Å². The lowest BCUT2D eigenvalue weighted by Gasteiger charge is -2.30. The molecule has 1 aliphatic heterocycles. The fourth-order valence-electron chi connectivity index (χ4n) is 2.58. The van der Waals surface area contributed by atoms with Gasteiger partial charge >= 0.3 is 0 Å². The second-order valence-corrected chi connectivity index (χ2v) is 4.49. The number of nitrogens with zero attached hydrogens (tertiary/aromatic N) is 1. The van der Waals surface area contributed by atoms with Crippen LogP contribution in [0.4, 0.5) is 11.4 Å². The number of benzene rings is 1. The summed E-state index contributed by atoms with van der Waals surface area (Å²) in [4.78, 5) is 2.54. The van der Waals surface area contributed by atoms with Crippen LogP contribution in [0.3, 0.4) is 0 Å². The van der Waals surface area contributed by atoms with Crippen molar-refractivity contribution in [3.63, 3.8) is 0 Å². The van der Waals surface area contributed by atoms with Gasteiger partial charge in [0.25, 0.3) is 0 Å². The molecule has 0 bridgehead atoms. The summed E-state index contributed by atoms with van der Waals surface area (Å²) in [6.07, 6.45) is 3.86. The summed E-state index contributed by atoms with van der Waals surface area (Å²) in [5, 5.41) is 0. The summed E-state index contributed by atoms with van der Waals surface area (Å²) < 4.78 is 0. The number of nitrogens with two attached hydrogens (primary N) is 1. The molecule has 1 aromatic carbocycles. The van der Waals surface area contributed by atoms with Crippen molar-refractivity contribution in [1.29, 1.82) is 0 Å². The summed E-state index contributed by atoms with van der Waals surface area (Å²) in [5.74, 6) is 0. The average Bonchev–Trinajstić information content (AvgIpc) is 2.61. The Morgan fingerprint density at radius 3 is 2.53 bits per heavy atom. The van der Waals surface area contributed by atoms with Crippen LogP contribution in [0.15, 0.2) is 24.3 Å². The lowest BCUT2D eigenvalue weighted by molar-refractivity contribution is 0.628. The van der Waals surface area contributed by atoms with E-state index in [1.54, 1.807) is 0 Å². The molecule has 1 fully saturated rings. The summed E-state index contributed by atoms with van der Waals surface area (Å²) in [6, 6.07) is 9.64. The maximum atomic E-state index is 5.71. The molecule has 0 aromatic heterocycles. The molecule has 1 aromatic rings. The van der Waals surface area contributed by atoms with Crippen molar-refractivity contribution in [1.82, 2.24) is 0 Å². The minimum Gasteiger partial charge on any atom is -0.399 e. The van der Waals surface area contributed by atoms with Gasteiger partial charge in [0.15, 0.2) is 0 Å². The highest BCUT2D eigenvalue weighted by Gasteiger charge is 2.28. The third-order valence-corrected chi connectivity index (χ3v) is 3.45. The van der Waals surface area contributed by atoms with E-state index in [1.165, 1.54) is 24.9 Å². The first-order chi connectivity index (χ1) is 7.22. The molecule has 2 rings (SSSR count). The van der Waals surface area contributed by atoms with Crippen molar-refractivity contribution in [3.8, 4) is 0 Å². The number of anilines is 2. The molecule has 0 spiro atoms. The minimum absolute atomic E-state index is 0.665. The van der Waals surface area contributed by atoms with E-state index in [2.05, 4.69) is 30.9 Å². The Balaban J connectivity index is 2.24. The van der Waals surface area contributed by atoms with Crippen LogP contribution in [0.5, 0.6) is 0 Å². The molecule has 2 N–H and O–H groups in total. The lowest BCUT2D eigenvalue weighted by Crippen LogP contribution is -2.33. The number of hydrogen-bond acceptors (Lipinski definition) is 2. The molecule has 2 unspecified atom stereocenters. The summed E-state index contributed by atoms with van der Waals surface area (Å²) in [7, 11) is 0. The molecule has 82 valence electrons. The predicted molar refractivity (Wildman–Crippen MR) is 66.1 cm³/mol. The van der Waals surface area contributed by atoms with Gasteiger partial charge in [0.2, 0.25) is 0 Å². The van der Waals surface area contributed by atoms with Crippen LogP contribution in [0, 0.1) is 0 Å². The summed E-state index contributed by atoms with van der Waals surface area (Å²) in [5.41, 5.74) is 7.88. The van der Waals surface area contributed by atoms with E-state index in [1.807, 2.05) is 12.1 Å². The van der Waals surface area contributed by atoms with E-state index >= 15 is 0 Å². The van der Waals surface area contributed by atoms with Crippen LogP contribution < -0.4 is 10.6 Å². The topological polar surface area (TPSA) is 29.3 Å². The zero-order chi connectivity index (χ0) is 10.8. The van der Waals surface area contributed by atoms with E-state index in [0.29, 0.717) is 12.1 Å². The van der Waals surface area contributed by atoms with Gasteiger partial charge < -0.3 is 10.6 Å². The minimum atomic E-state index is 0.665. The van der Waals surface area contributed by atoms with Crippen LogP contribution in [0.25, 0.3) is 0 Å². The third kappa shape index (κ3) is 1.94. The van der Waals surface area contributed by atoms with Crippen LogP contribution in [-0.4, -0.2) is 12.1 Å². The Labute approximate surface area is 92.1 Å². The van der Waals surface area contributed by atoms with Gasteiger partial charge in [-0.25, -0.2) is 0 Å². The molecule has 0 amide bonds. The van der Waals surface area contributed by atoms with Gasteiger partial charge in [0.1, 0.15) is 0 Å². The van der Waals surface area contributed by atoms with Crippen molar-refractivity contribution in [2.45, 2.75) is 45.2 Å². The van der Waals surface area contributed by atoms with Gasteiger partial charge in [0, 0.05) is 23.5 Å². The molecule has 15 heavy (non-hydrogen) atoms. The second-order valence-electron chi connectivity index (χ2n) is 4.49. The standard InChI is InChI=1S/C13H20N2/c1-3-12-7-4-10(2)15(12)13-8-5-11(14)6-9-13/h5-6,8-10,12H,3-4,7,14H2,1-2H3. The first kappa shape index (κ1) is 10.3. The van der Waals surface area contributed by atoms with E-state index in [0.717, 1.165) is 5.69 Å². The van der Waals surface area contributed by atoms with Crippen LogP contribution >= 0.6 is 0 Å². The lowest BCUT2D eigenvalue weighted by atomic mass is 10.1. The van der Waals surface area contributed by atoms with Crippen molar-refractivity contribution >= 4 is 11.4 Å². The molecule has 1 heterocycles. The maximum Gasteiger partial charge on any atom is 0.0372 e. The molecule has 1 aliphatic rings. The molecule has 0 saturated carbocycles. The zero-order valence-electron chi connectivity index (χ0n) is 9.61. The SMILES string of the molecule is CCC1CCC(C)N1c1ccc(N)cc1. The number of nitrogen functional groups attached to an aromatic ring is 1. The molecule has 1 saturated heterocycles. The van der Waals surface area contributed by atoms with E-state index in [9.17, 15) is 0 Å². The fraction of sp³-hybridized carbons (Fsp3) is 0.538. The third-order valence-electron chi connectivity index (χ3n) is 3.45. The molecule has 0 radical (unpaired) electrons. The fourth-order valence-corrected chi connectivity index (χ4v) is 2.58. The van der Waals surface area contributed by atoms with E-state index in [4.69, 9.17) is 5.73 Å². The van der Waals surface area contributed by atoms with Gasteiger partial charge in [-0.15, -0.1) is 0 Å². The van der Waals surface area contributed by atoms with Gasteiger partial charge in [-0.3, -0.25) is 0 Å². The maximum absolute atomic E-state index is 5.71. The number of rotatable bonds is 2. The molecule has 2 atom stereocenters. The van der Waals surface area contributed by atoms with Crippen LogP contribution in [0.2, 0.25) is 0 Å². The first-order valence-corrected chi connectivity index (χ1v) is 5.86. The predicted octanol–water partition coefficient (Wildman–Crippen LogP) is 3.04. The Kier molecular flexibility index (Phi) is 2.85. The van der Waals surface area contributed by atoms with Gasteiger partial charge in [-0.2, -0.15) is 0 Å². The second kappa shape index (κ2) is 4.13. The summed E-state index contributed by atoms with van der Waals surface area (Å²) in [6.45, 7) is 4.58. The van der Waals surface area contributed by atoms with Gasteiger partial charge in [-0.1, -0.05) is 6.92 Å². The van der Waals surface area contributed by atoms with Crippen molar-refractivity contribution < 1.29 is 0 Å². The Morgan fingerprint density at radius 2 is 1.93 bits per heavy atom. The van der Waals surface area contributed by atoms with E-state index < -0.39 is 0 Å². The van der Waals surface area contributed by atoms with Crippen molar-refractivity contribution in [2.75, 3.05) is 10.6 Å². The molecule has 0 aliphatic carbocycles. The highest BCUT2D eigenvalue weighted by molar-refractivity contribution is 5.55. The van der Waals surface area contributed by atoms with Crippen molar-refractivity contribution in [3.05, 3.63) is 24.3 Å². The molecular weight excluding hydrogens is 184 g/mol. The smallest absolute Gasteiger partial charge is 0.0372 e. The number of hydrogen-bond donors (Lipinski definition) is 1. The quantitative estimate of drug-likeness (QED) is 0.750. The molecule has 2 heteroatoms. The Bertz CT molecular complexity index is 318. The molecular formula is C13H20N2. The zero-order valence-corrected chi connectivity index (χ0v) is 9.61. The largest absolute Gasteiger partial charge is 0.399 e. The van der Waals surface area contributed by atoms with Gasteiger partial charge in [-0.05, 0) is 50.5 Å². The highest BCUT2D eigenvalue weighted by atomic mass is 15.2. The molecule has 2 nitrogen and oxygen atoms in total. The first-order valence-electron chi connectivity index (χ1n) is 5.86.